The Morgan fingerprint density at radius 3 is 2.74 bits per heavy atom. The number of nitrogens with zero attached hydrogens (tertiary/aromatic N) is 3. The first-order valence-electron chi connectivity index (χ1n) is 12.5. The Bertz CT molecular complexity index is 1020. The van der Waals surface area contributed by atoms with Gasteiger partial charge in [-0.25, -0.2) is 9.78 Å². The highest BCUT2D eigenvalue weighted by Crippen LogP contribution is 2.30. The Morgan fingerprint density at radius 2 is 1.97 bits per heavy atom. The van der Waals surface area contributed by atoms with Crippen LogP contribution in [0, 0.1) is 11.8 Å². The van der Waals surface area contributed by atoms with Gasteiger partial charge in [0.15, 0.2) is 0 Å². The standard InChI is InChI=1S/C26H37N5O3/c1-33-21-15-19-10-11-23(34-2)29-24(19)22(16-21)28-26(32)30-25(27)20-9-6-13-31(17-20)14-12-18-7-4-3-5-8-18/h10-11,15-16,18,20H,3-9,12-14,17H2,1-2H3,(H3,27,28,30,32). The summed E-state index contributed by atoms with van der Waals surface area (Å²) in [6, 6.07) is 6.73. The van der Waals surface area contributed by atoms with Gasteiger partial charge in [-0.1, -0.05) is 32.1 Å². The maximum absolute atomic E-state index is 12.8. The average molecular weight is 468 g/mol. The zero-order valence-corrected chi connectivity index (χ0v) is 20.4. The minimum atomic E-state index is -0.504. The van der Waals surface area contributed by atoms with E-state index in [1.807, 2.05) is 12.1 Å². The van der Waals surface area contributed by atoms with Gasteiger partial charge in [0.1, 0.15) is 11.6 Å². The lowest BCUT2D eigenvalue weighted by atomic mass is 9.86. The number of pyridine rings is 1. The number of amidine groups is 1. The second kappa shape index (κ2) is 11.5. The number of piperidine rings is 1. The molecule has 8 nitrogen and oxygen atoms in total. The maximum atomic E-state index is 12.8. The lowest BCUT2D eigenvalue weighted by molar-refractivity contribution is 0.182. The second-order valence-electron chi connectivity index (χ2n) is 9.50. The number of hydrogen-bond acceptors (Lipinski definition) is 5. The average Bonchev–Trinajstić information content (AvgIpc) is 2.87. The van der Waals surface area contributed by atoms with Crippen molar-refractivity contribution in [2.45, 2.75) is 51.4 Å². The molecule has 2 aliphatic rings. The van der Waals surface area contributed by atoms with Crippen LogP contribution in [-0.2, 0) is 0 Å². The Hall–Kier alpha value is -2.87. The summed E-state index contributed by atoms with van der Waals surface area (Å²) in [5.41, 5.74) is 7.43. The third kappa shape index (κ3) is 6.17. The molecule has 2 heterocycles. The molecule has 0 bridgehead atoms. The first-order valence-corrected chi connectivity index (χ1v) is 12.5. The molecule has 34 heavy (non-hydrogen) atoms. The van der Waals surface area contributed by atoms with Crippen molar-refractivity contribution in [3.8, 4) is 11.6 Å². The van der Waals surface area contributed by atoms with E-state index in [1.165, 1.54) is 38.5 Å². The molecule has 1 unspecified atom stereocenters. The second-order valence-corrected chi connectivity index (χ2v) is 9.50. The number of aromatic nitrogens is 1. The van der Waals surface area contributed by atoms with Gasteiger partial charge in [-0.05, 0) is 50.4 Å². The molecule has 2 aromatic rings. The number of rotatable bonds is 7. The van der Waals surface area contributed by atoms with Gasteiger partial charge in [0.25, 0.3) is 0 Å². The Morgan fingerprint density at radius 1 is 1.15 bits per heavy atom. The van der Waals surface area contributed by atoms with Crippen molar-refractivity contribution >= 4 is 28.5 Å². The van der Waals surface area contributed by atoms with Crippen LogP contribution in [0.4, 0.5) is 10.5 Å². The van der Waals surface area contributed by atoms with E-state index in [1.54, 1.807) is 26.4 Å². The van der Waals surface area contributed by atoms with Gasteiger partial charge in [0.2, 0.25) is 5.88 Å². The molecular formula is C26H37N5O3. The number of anilines is 1. The van der Waals surface area contributed by atoms with Crippen molar-refractivity contribution in [2.24, 2.45) is 22.6 Å². The molecule has 3 N–H and O–H groups in total. The highest BCUT2D eigenvalue weighted by atomic mass is 16.5. The van der Waals surface area contributed by atoms with Gasteiger partial charge in [-0.15, -0.1) is 0 Å². The van der Waals surface area contributed by atoms with E-state index in [0.717, 1.165) is 43.8 Å². The molecule has 1 aliphatic carbocycles. The van der Waals surface area contributed by atoms with E-state index in [9.17, 15) is 4.79 Å². The van der Waals surface area contributed by atoms with Gasteiger partial charge < -0.3 is 25.4 Å². The van der Waals surface area contributed by atoms with E-state index in [-0.39, 0.29) is 5.92 Å². The Balaban J connectivity index is 1.40. The van der Waals surface area contributed by atoms with E-state index in [2.05, 4.69) is 20.2 Å². The molecule has 4 rings (SSSR count). The van der Waals surface area contributed by atoms with Crippen LogP contribution in [-0.4, -0.2) is 55.6 Å². The van der Waals surface area contributed by atoms with Gasteiger partial charge in [-0.3, -0.25) is 0 Å². The van der Waals surface area contributed by atoms with Crippen molar-refractivity contribution < 1.29 is 14.3 Å². The van der Waals surface area contributed by atoms with E-state index in [4.69, 9.17) is 15.2 Å². The molecule has 0 radical (unpaired) electrons. The number of benzene rings is 1. The lowest BCUT2D eigenvalue weighted by Crippen LogP contribution is -2.42. The highest BCUT2D eigenvalue weighted by Gasteiger charge is 2.24. The molecule has 1 saturated heterocycles. The molecule has 2 fully saturated rings. The minimum Gasteiger partial charge on any atom is -0.497 e. The fraction of sp³-hybridized carbons (Fsp3) is 0.577. The van der Waals surface area contributed by atoms with Gasteiger partial charge >= 0.3 is 6.03 Å². The van der Waals surface area contributed by atoms with E-state index >= 15 is 0 Å². The molecule has 1 aromatic carbocycles. The molecule has 0 spiro atoms. The number of ether oxygens (including phenoxy) is 2. The minimum absolute atomic E-state index is 0.103. The van der Waals surface area contributed by atoms with Gasteiger partial charge in [0, 0.05) is 30.0 Å². The quantitative estimate of drug-likeness (QED) is 0.447. The number of nitrogens with two attached hydrogens (primary N) is 1. The summed E-state index contributed by atoms with van der Waals surface area (Å²) in [5.74, 6) is 2.46. The third-order valence-electron chi connectivity index (χ3n) is 7.16. The van der Waals surface area contributed by atoms with Crippen LogP contribution < -0.4 is 20.5 Å². The zero-order valence-electron chi connectivity index (χ0n) is 20.4. The summed E-state index contributed by atoms with van der Waals surface area (Å²) < 4.78 is 10.6. The summed E-state index contributed by atoms with van der Waals surface area (Å²) in [5, 5.41) is 3.67. The van der Waals surface area contributed by atoms with Crippen LogP contribution in [0.3, 0.4) is 0 Å². The molecular weight excluding hydrogens is 430 g/mol. The predicted octanol–water partition coefficient (Wildman–Crippen LogP) is 4.82. The molecule has 2 amide bonds. The van der Waals surface area contributed by atoms with Crippen LogP contribution in [0.2, 0.25) is 0 Å². The number of hydrogen-bond donors (Lipinski definition) is 2. The predicted molar refractivity (Wildman–Crippen MR) is 136 cm³/mol. The summed E-state index contributed by atoms with van der Waals surface area (Å²) in [6.07, 6.45) is 10.2. The lowest BCUT2D eigenvalue weighted by Gasteiger charge is -2.33. The van der Waals surface area contributed by atoms with Gasteiger partial charge in [0.05, 0.1) is 25.4 Å². The molecule has 8 heteroatoms. The number of fused-ring (bicyclic) bond motifs is 1. The molecule has 1 aliphatic heterocycles. The topological polar surface area (TPSA) is 102 Å². The maximum Gasteiger partial charge on any atom is 0.347 e. The van der Waals surface area contributed by atoms with Crippen LogP contribution in [0.1, 0.15) is 51.4 Å². The fourth-order valence-electron chi connectivity index (χ4n) is 5.21. The van der Waals surface area contributed by atoms with Crippen molar-refractivity contribution in [1.29, 1.82) is 0 Å². The molecule has 184 valence electrons. The summed E-state index contributed by atoms with van der Waals surface area (Å²) in [6.45, 7) is 3.09. The summed E-state index contributed by atoms with van der Waals surface area (Å²) >= 11 is 0. The molecule has 1 saturated carbocycles. The number of amides is 2. The van der Waals surface area contributed by atoms with Crippen molar-refractivity contribution in [1.82, 2.24) is 9.88 Å². The summed E-state index contributed by atoms with van der Waals surface area (Å²) in [7, 11) is 3.15. The number of aliphatic imine (C=N–C) groups is 1. The SMILES string of the molecule is COc1cc(NC(=O)/N=C(\N)C2CCCN(CCC3CCCCC3)C2)c2nc(OC)ccc2c1. The van der Waals surface area contributed by atoms with Crippen molar-refractivity contribution in [3.05, 3.63) is 24.3 Å². The molecule has 1 aromatic heterocycles. The van der Waals surface area contributed by atoms with Gasteiger partial charge in [-0.2, -0.15) is 4.99 Å². The fourth-order valence-corrected chi connectivity index (χ4v) is 5.21. The van der Waals surface area contributed by atoms with Crippen LogP contribution in [0.25, 0.3) is 10.9 Å². The third-order valence-corrected chi connectivity index (χ3v) is 7.16. The van der Waals surface area contributed by atoms with E-state index in [0.29, 0.717) is 28.7 Å². The zero-order chi connectivity index (χ0) is 23.9. The van der Waals surface area contributed by atoms with E-state index < -0.39 is 6.03 Å². The van der Waals surface area contributed by atoms with Crippen LogP contribution >= 0.6 is 0 Å². The first kappa shape index (κ1) is 24.3. The number of urea groups is 1. The van der Waals surface area contributed by atoms with Crippen LogP contribution in [0.5, 0.6) is 11.6 Å². The normalized spacial score (nSPS) is 20.3. The number of methoxy groups -OCH3 is 2. The molecule has 1 atom stereocenters. The first-order chi connectivity index (χ1) is 16.6. The Kier molecular flexibility index (Phi) is 8.21. The van der Waals surface area contributed by atoms with Crippen molar-refractivity contribution in [2.75, 3.05) is 39.2 Å². The Labute approximate surface area is 201 Å². The monoisotopic (exact) mass is 467 g/mol. The van der Waals surface area contributed by atoms with Crippen LogP contribution in [0.15, 0.2) is 29.3 Å². The smallest absolute Gasteiger partial charge is 0.347 e. The largest absolute Gasteiger partial charge is 0.497 e. The summed E-state index contributed by atoms with van der Waals surface area (Å²) in [4.78, 5) is 24.0. The number of carbonyl (C=O) groups is 1. The van der Waals surface area contributed by atoms with Crippen molar-refractivity contribution in [3.63, 3.8) is 0 Å². The highest BCUT2D eigenvalue weighted by molar-refractivity contribution is 6.05. The number of nitrogens with one attached hydrogen (secondary N) is 1. The number of carbonyl (C=O) groups excluding carboxylic acids is 1. The number of likely N-dealkylation sites (tertiary alicyclic amines) is 1.